The first kappa shape index (κ1) is 14.8. The molecule has 3 saturated carbocycles. The molecule has 4 atom stereocenters. The SMILES string of the molecule is O=C1C[C@H]2C(=O)C[C@H]1[C@@H]1C(=O)N(c3cc(Cl)cc(Cl)c3)C(=O)[C@H]12. The number of imide groups is 1. The van der Waals surface area contributed by atoms with Gasteiger partial charge in [-0.05, 0) is 18.2 Å². The summed E-state index contributed by atoms with van der Waals surface area (Å²) in [4.78, 5) is 50.7. The number of rotatable bonds is 1. The second-order valence-corrected chi connectivity index (χ2v) is 7.12. The van der Waals surface area contributed by atoms with E-state index in [1.165, 1.54) is 18.2 Å². The molecule has 23 heavy (non-hydrogen) atoms. The van der Waals surface area contributed by atoms with Gasteiger partial charge in [-0.25, -0.2) is 4.90 Å². The molecule has 1 aromatic carbocycles. The molecule has 1 aliphatic heterocycles. The Kier molecular flexibility index (Phi) is 3.15. The van der Waals surface area contributed by atoms with Crippen LogP contribution in [0.1, 0.15) is 12.8 Å². The molecular formula is C16H11Cl2NO4. The van der Waals surface area contributed by atoms with Crippen molar-refractivity contribution in [1.82, 2.24) is 0 Å². The van der Waals surface area contributed by atoms with E-state index in [2.05, 4.69) is 0 Å². The second kappa shape index (κ2) is 4.89. The quantitative estimate of drug-likeness (QED) is 0.727. The van der Waals surface area contributed by atoms with Crippen molar-refractivity contribution < 1.29 is 19.2 Å². The normalized spacial score (nSPS) is 32.7. The zero-order valence-corrected chi connectivity index (χ0v) is 13.3. The molecule has 7 heteroatoms. The van der Waals surface area contributed by atoms with Crippen LogP contribution in [-0.2, 0) is 19.2 Å². The Labute approximate surface area is 141 Å². The van der Waals surface area contributed by atoms with Crippen molar-refractivity contribution in [3.8, 4) is 0 Å². The summed E-state index contributed by atoms with van der Waals surface area (Å²) in [6.45, 7) is 0. The maximum Gasteiger partial charge on any atom is 0.238 e. The van der Waals surface area contributed by atoms with E-state index in [-0.39, 0.29) is 30.1 Å². The molecule has 1 aromatic rings. The lowest BCUT2D eigenvalue weighted by molar-refractivity contribution is -0.153. The Balaban J connectivity index is 1.80. The molecule has 3 aliphatic carbocycles. The minimum atomic E-state index is -0.732. The van der Waals surface area contributed by atoms with Crippen molar-refractivity contribution in [3.63, 3.8) is 0 Å². The van der Waals surface area contributed by atoms with Gasteiger partial charge in [0.25, 0.3) is 0 Å². The van der Waals surface area contributed by atoms with Crippen molar-refractivity contribution in [2.75, 3.05) is 4.90 Å². The van der Waals surface area contributed by atoms with E-state index in [0.29, 0.717) is 10.0 Å². The molecule has 0 radical (unpaired) electrons. The zero-order chi connectivity index (χ0) is 16.5. The van der Waals surface area contributed by atoms with Crippen molar-refractivity contribution >= 4 is 52.3 Å². The van der Waals surface area contributed by atoms with E-state index in [1.54, 1.807) is 0 Å². The lowest BCUT2D eigenvalue weighted by atomic mass is 9.58. The van der Waals surface area contributed by atoms with Gasteiger partial charge in [-0.1, -0.05) is 23.2 Å². The summed E-state index contributed by atoms with van der Waals surface area (Å²) in [7, 11) is 0. The Morgan fingerprint density at radius 3 is 1.65 bits per heavy atom. The van der Waals surface area contributed by atoms with Crippen molar-refractivity contribution in [2.45, 2.75) is 12.8 Å². The van der Waals surface area contributed by atoms with Crippen molar-refractivity contribution in [2.24, 2.45) is 23.7 Å². The van der Waals surface area contributed by atoms with Gasteiger partial charge in [0.15, 0.2) is 0 Å². The number of fused-ring (bicyclic) bond motifs is 2. The first-order valence-corrected chi connectivity index (χ1v) is 8.03. The fourth-order valence-corrected chi connectivity index (χ4v) is 4.61. The average molecular weight is 352 g/mol. The number of anilines is 1. The van der Waals surface area contributed by atoms with Crippen LogP contribution in [-0.4, -0.2) is 23.4 Å². The topological polar surface area (TPSA) is 71.5 Å². The third-order valence-corrected chi connectivity index (χ3v) is 5.48. The van der Waals surface area contributed by atoms with E-state index in [0.717, 1.165) is 4.90 Å². The number of carbonyl (C=O) groups excluding carboxylic acids is 4. The lowest BCUT2D eigenvalue weighted by Crippen LogP contribution is -2.51. The van der Waals surface area contributed by atoms with Crippen LogP contribution in [0.2, 0.25) is 10.0 Å². The molecule has 2 bridgehead atoms. The Hall–Kier alpha value is -1.72. The predicted octanol–water partition coefficient (Wildman–Crippen LogP) is 2.28. The molecule has 4 aliphatic rings. The van der Waals surface area contributed by atoms with Crippen LogP contribution in [0.5, 0.6) is 0 Å². The summed E-state index contributed by atoms with van der Waals surface area (Å²) >= 11 is 11.9. The average Bonchev–Trinajstić information content (AvgIpc) is 2.72. The van der Waals surface area contributed by atoms with Gasteiger partial charge in [0.2, 0.25) is 11.8 Å². The number of Topliss-reactive ketones (excluding diaryl/α,β-unsaturated/α-hetero) is 2. The van der Waals surface area contributed by atoms with E-state index in [1.807, 2.05) is 0 Å². The predicted molar refractivity (Wildman–Crippen MR) is 82.2 cm³/mol. The largest absolute Gasteiger partial charge is 0.299 e. The van der Waals surface area contributed by atoms with Crippen LogP contribution in [0.3, 0.4) is 0 Å². The highest BCUT2D eigenvalue weighted by atomic mass is 35.5. The minimum absolute atomic E-state index is 0.0633. The summed E-state index contributed by atoms with van der Waals surface area (Å²) in [6.07, 6.45) is 0.127. The van der Waals surface area contributed by atoms with E-state index in [9.17, 15) is 19.2 Å². The third kappa shape index (κ3) is 2.00. The molecule has 5 nitrogen and oxygen atoms in total. The monoisotopic (exact) mass is 351 g/mol. The second-order valence-electron chi connectivity index (χ2n) is 6.24. The number of ketones is 2. The van der Waals surface area contributed by atoms with Crippen LogP contribution in [0.15, 0.2) is 18.2 Å². The highest BCUT2D eigenvalue weighted by molar-refractivity contribution is 6.36. The summed E-state index contributed by atoms with van der Waals surface area (Å²) in [5.74, 6) is -3.87. The highest BCUT2D eigenvalue weighted by Gasteiger charge is 2.63. The van der Waals surface area contributed by atoms with Gasteiger partial charge >= 0.3 is 0 Å². The van der Waals surface area contributed by atoms with Gasteiger partial charge in [0, 0.05) is 34.7 Å². The highest BCUT2D eigenvalue weighted by Crippen LogP contribution is 2.51. The van der Waals surface area contributed by atoms with Crippen LogP contribution in [0.4, 0.5) is 5.69 Å². The number of hydrogen-bond acceptors (Lipinski definition) is 4. The molecule has 1 heterocycles. The maximum atomic E-state index is 12.8. The van der Waals surface area contributed by atoms with E-state index >= 15 is 0 Å². The number of hydrogen-bond donors (Lipinski definition) is 0. The fourth-order valence-electron chi connectivity index (χ4n) is 4.10. The Bertz CT molecular complexity index is 730. The summed E-state index contributed by atoms with van der Waals surface area (Å²) < 4.78 is 0. The number of nitrogens with zero attached hydrogens (tertiary/aromatic N) is 1. The standard InChI is InChI=1S/C16H11Cl2NO4/c17-6-1-7(18)3-8(2-6)19-15(22)13-9-4-11(20)10(5-12(9)21)14(13)16(19)23/h1-3,9-10,13-14H,4-5H2/t9-,10+,13-,14-/m0/s1. The van der Waals surface area contributed by atoms with Crippen molar-refractivity contribution in [1.29, 1.82) is 0 Å². The molecule has 118 valence electrons. The Morgan fingerprint density at radius 2 is 1.22 bits per heavy atom. The van der Waals surface area contributed by atoms with Crippen LogP contribution >= 0.6 is 23.2 Å². The van der Waals surface area contributed by atoms with Gasteiger partial charge in [-0.3, -0.25) is 19.2 Å². The summed E-state index contributed by atoms with van der Waals surface area (Å²) in [6, 6.07) is 4.46. The number of benzene rings is 1. The van der Waals surface area contributed by atoms with E-state index in [4.69, 9.17) is 23.2 Å². The summed E-state index contributed by atoms with van der Waals surface area (Å²) in [5, 5.41) is 0.608. The third-order valence-electron chi connectivity index (χ3n) is 5.04. The van der Waals surface area contributed by atoms with E-state index < -0.39 is 35.5 Å². The maximum absolute atomic E-state index is 12.8. The van der Waals surface area contributed by atoms with Crippen LogP contribution in [0, 0.1) is 23.7 Å². The van der Waals surface area contributed by atoms with Gasteiger partial charge in [0.1, 0.15) is 11.6 Å². The molecule has 1 saturated heterocycles. The number of carbonyl (C=O) groups is 4. The molecule has 0 spiro atoms. The van der Waals surface area contributed by atoms with Crippen LogP contribution in [0.25, 0.3) is 0 Å². The van der Waals surface area contributed by atoms with Crippen molar-refractivity contribution in [3.05, 3.63) is 28.2 Å². The number of amides is 2. The lowest BCUT2D eigenvalue weighted by Gasteiger charge is -2.40. The fraction of sp³-hybridized carbons (Fsp3) is 0.375. The van der Waals surface area contributed by atoms with Crippen LogP contribution < -0.4 is 4.90 Å². The smallest absolute Gasteiger partial charge is 0.238 e. The number of halogens is 2. The Morgan fingerprint density at radius 1 is 0.783 bits per heavy atom. The first-order valence-electron chi connectivity index (χ1n) is 7.28. The molecule has 2 amide bonds. The molecule has 5 rings (SSSR count). The molecule has 0 unspecified atom stereocenters. The molecule has 0 N–H and O–H groups in total. The summed E-state index contributed by atoms with van der Waals surface area (Å²) in [5.41, 5.74) is 0.284. The zero-order valence-electron chi connectivity index (χ0n) is 11.8. The molecular weight excluding hydrogens is 341 g/mol. The van der Waals surface area contributed by atoms with Gasteiger partial charge in [0.05, 0.1) is 17.5 Å². The van der Waals surface area contributed by atoms with Gasteiger partial charge in [-0.15, -0.1) is 0 Å². The molecule has 0 aromatic heterocycles. The first-order chi connectivity index (χ1) is 10.9. The minimum Gasteiger partial charge on any atom is -0.299 e. The van der Waals surface area contributed by atoms with Gasteiger partial charge in [-0.2, -0.15) is 0 Å². The molecule has 4 fully saturated rings. The van der Waals surface area contributed by atoms with Gasteiger partial charge < -0.3 is 0 Å².